The van der Waals surface area contributed by atoms with Gasteiger partial charge in [0.25, 0.3) is 0 Å². The van der Waals surface area contributed by atoms with Crippen LogP contribution >= 0.6 is 15.9 Å². The minimum absolute atomic E-state index is 0.162. The SMILES string of the molecule is CC(C)c1nc(Br)c(CCO)n1C. The average molecular weight is 247 g/mol. The zero-order valence-corrected chi connectivity index (χ0v) is 9.80. The number of rotatable bonds is 3. The van der Waals surface area contributed by atoms with Crippen LogP contribution in [0.5, 0.6) is 0 Å². The molecule has 0 radical (unpaired) electrons. The van der Waals surface area contributed by atoms with E-state index in [1.807, 2.05) is 11.6 Å². The Morgan fingerprint density at radius 1 is 1.54 bits per heavy atom. The molecular weight excluding hydrogens is 232 g/mol. The highest BCUT2D eigenvalue weighted by Gasteiger charge is 2.13. The van der Waals surface area contributed by atoms with Gasteiger partial charge in [-0.2, -0.15) is 0 Å². The van der Waals surface area contributed by atoms with Crippen LogP contribution in [0.2, 0.25) is 0 Å². The Kier molecular flexibility index (Phi) is 3.50. The molecule has 0 amide bonds. The Hall–Kier alpha value is -0.350. The minimum atomic E-state index is 0.162. The predicted octanol–water partition coefficient (Wildman–Crippen LogP) is 1.84. The molecule has 0 saturated heterocycles. The summed E-state index contributed by atoms with van der Waals surface area (Å²) in [7, 11) is 1.98. The van der Waals surface area contributed by atoms with Crippen molar-refractivity contribution in [2.24, 2.45) is 7.05 Å². The van der Waals surface area contributed by atoms with Crippen LogP contribution in [0.25, 0.3) is 0 Å². The maximum atomic E-state index is 8.85. The van der Waals surface area contributed by atoms with Gasteiger partial charge in [-0.3, -0.25) is 0 Å². The standard InChI is InChI=1S/C9H15BrN2O/c1-6(2)9-11-8(10)7(4-5-13)12(9)3/h6,13H,4-5H2,1-3H3. The van der Waals surface area contributed by atoms with Gasteiger partial charge >= 0.3 is 0 Å². The van der Waals surface area contributed by atoms with Crippen molar-refractivity contribution in [1.82, 2.24) is 9.55 Å². The zero-order valence-electron chi connectivity index (χ0n) is 8.21. The average Bonchev–Trinajstić information content (AvgIpc) is 2.32. The highest BCUT2D eigenvalue weighted by Crippen LogP contribution is 2.21. The second-order valence-corrected chi connectivity index (χ2v) is 4.15. The molecule has 0 spiro atoms. The molecule has 1 N–H and O–H groups in total. The van der Waals surface area contributed by atoms with E-state index < -0.39 is 0 Å². The molecule has 0 aliphatic carbocycles. The first-order valence-corrected chi connectivity index (χ1v) is 5.19. The van der Waals surface area contributed by atoms with E-state index >= 15 is 0 Å². The van der Waals surface area contributed by atoms with E-state index in [1.165, 1.54) is 0 Å². The van der Waals surface area contributed by atoms with Gasteiger partial charge in [0.1, 0.15) is 10.4 Å². The van der Waals surface area contributed by atoms with E-state index in [9.17, 15) is 0 Å². The van der Waals surface area contributed by atoms with Gasteiger partial charge in [0.2, 0.25) is 0 Å². The number of aliphatic hydroxyl groups is 1. The Morgan fingerprint density at radius 2 is 2.15 bits per heavy atom. The summed E-state index contributed by atoms with van der Waals surface area (Å²) in [6, 6.07) is 0. The molecule has 1 aromatic rings. The number of aliphatic hydroxyl groups excluding tert-OH is 1. The number of hydrogen-bond acceptors (Lipinski definition) is 2. The maximum Gasteiger partial charge on any atom is 0.127 e. The molecule has 1 heterocycles. The van der Waals surface area contributed by atoms with E-state index in [4.69, 9.17) is 5.11 Å². The van der Waals surface area contributed by atoms with Crippen molar-refractivity contribution in [1.29, 1.82) is 0 Å². The zero-order chi connectivity index (χ0) is 10.0. The van der Waals surface area contributed by atoms with Gasteiger partial charge in [-0.05, 0) is 15.9 Å². The van der Waals surface area contributed by atoms with Crippen molar-refractivity contribution in [2.75, 3.05) is 6.61 Å². The fraction of sp³-hybridized carbons (Fsp3) is 0.667. The molecule has 0 unspecified atom stereocenters. The number of halogens is 1. The molecule has 0 aliphatic rings. The third-order valence-electron chi connectivity index (χ3n) is 2.06. The lowest BCUT2D eigenvalue weighted by Gasteiger charge is -2.06. The number of aromatic nitrogens is 2. The monoisotopic (exact) mass is 246 g/mol. The number of hydrogen-bond donors (Lipinski definition) is 1. The topological polar surface area (TPSA) is 38.1 Å². The van der Waals surface area contributed by atoms with Crippen LogP contribution in [0.15, 0.2) is 4.60 Å². The van der Waals surface area contributed by atoms with Gasteiger partial charge in [0.05, 0.1) is 5.69 Å². The van der Waals surface area contributed by atoms with Gasteiger partial charge < -0.3 is 9.67 Å². The van der Waals surface area contributed by atoms with Crippen LogP contribution in [-0.2, 0) is 13.5 Å². The van der Waals surface area contributed by atoms with Gasteiger partial charge in [0, 0.05) is 26.0 Å². The maximum absolute atomic E-state index is 8.85. The summed E-state index contributed by atoms with van der Waals surface area (Å²) in [5.74, 6) is 1.46. The van der Waals surface area contributed by atoms with Crippen molar-refractivity contribution in [3.05, 3.63) is 16.1 Å². The van der Waals surface area contributed by atoms with Crippen LogP contribution < -0.4 is 0 Å². The third-order valence-corrected chi connectivity index (χ3v) is 2.70. The van der Waals surface area contributed by atoms with Gasteiger partial charge in [-0.1, -0.05) is 13.8 Å². The Morgan fingerprint density at radius 3 is 2.54 bits per heavy atom. The van der Waals surface area contributed by atoms with Crippen LogP contribution in [-0.4, -0.2) is 21.3 Å². The molecule has 4 heteroatoms. The van der Waals surface area contributed by atoms with Crippen molar-refractivity contribution in [3.63, 3.8) is 0 Å². The molecular formula is C9H15BrN2O. The lowest BCUT2D eigenvalue weighted by molar-refractivity contribution is 0.296. The number of nitrogens with zero attached hydrogens (tertiary/aromatic N) is 2. The van der Waals surface area contributed by atoms with Crippen molar-refractivity contribution >= 4 is 15.9 Å². The predicted molar refractivity (Wildman–Crippen MR) is 55.8 cm³/mol. The minimum Gasteiger partial charge on any atom is -0.396 e. The first-order valence-electron chi connectivity index (χ1n) is 4.39. The molecule has 0 aromatic carbocycles. The summed E-state index contributed by atoms with van der Waals surface area (Å²) >= 11 is 3.39. The van der Waals surface area contributed by atoms with Crippen LogP contribution in [0.1, 0.15) is 31.3 Å². The van der Waals surface area contributed by atoms with E-state index in [1.54, 1.807) is 0 Å². The van der Waals surface area contributed by atoms with E-state index in [2.05, 4.69) is 34.8 Å². The highest BCUT2D eigenvalue weighted by molar-refractivity contribution is 9.10. The van der Waals surface area contributed by atoms with E-state index in [-0.39, 0.29) is 6.61 Å². The van der Waals surface area contributed by atoms with E-state index in [0.717, 1.165) is 16.1 Å². The summed E-state index contributed by atoms with van der Waals surface area (Å²) in [5.41, 5.74) is 1.06. The molecule has 0 bridgehead atoms. The largest absolute Gasteiger partial charge is 0.396 e. The molecule has 0 aliphatic heterocycles. The summed E-state index contributed by atoms with van der Waals surface area (Å²) in [6.45, 7) is 4.38. The number of imidazole rings is 1. The lowest BCUT2D eigenvalue weighted by Crippen LogP contribution is -2.04. The second kappa shape index (κ2) is 4.24. The van der Waals surface area contributed by atoms with Crippen LogP contribution in [0.3, 0.4) is 0 Å². The van der Waals surface area contributed by atoms with Crippen LogP contribution in [0, 0.1) is 0 Å². The fourth-order valence-electron chi connectivity index (χ4n) is 1.41. The second-order valence-electron chi connectivity index (χ2n) is 3.39. The first-order chi connectivity index (χ1) is 6.07. The fourth-order valence-corrected chi connectivity index (χ4v) is 2.06. The Balaban J connectivity index is 3.07. The molecule has 1 rings (SSSR count). The molecule has 3 nitrogen and oxygen atoms in total. The first kappa shape index (κ1) is 10.7. The molecule has 0 fully saturated rings. The highest BCUT2D eigenvalue weighted by atomic mass is 79.9. The van der Waals surface area contributed by atoms with Crippen molar-refractivity contribution < 1.29 is 5.11 Å². The quantitative estimate of drug-likeness (QED) is 0.885. The smallest absolute Gasteiger partial charge is 0.127 e. The van der Waals surface area contributed by atoms with E-state index in [0.29, 0.717) is 12.3 Å². The molecule has 0 saturated carbocycles. The molecule has 74 valence electrons. The summed E-state index contributed by atoms with van der Waals surface area (Å²) in [4.78, 5) is 4.40. The van der Waals surface area contributed by atoms with Gasteiger partial charge in [-0.25, -0.2) is 4.98 Å². The van der Waals surface area contributed by atoms with Crippen molar-refractivity contribution in [2.45, 2.75) is 26.2 Å². The summed E-state index contributed by atoms with van der Waals surface area (Å²) < 4.78 is 2.90. The molecule has 1 aromatic heterocycles. The Bertz CT molecular complexity index is 294. The summed E-state index contributed by atoms with van der Waals surface area (Å²) in [6.07, 6.45) is 0.650. The van der Waals surface area contributed by atoms with Crippen LogP contribution in [0.4, 0.5) is 0 Å². The molecule has 0 atom stereocenters. The van der Waals surface area contributed by atoms with Crippen molar-refractivity contribution in [3.8, 4) is 0 Å². The Labute approximate surface area is 86.9 Å². The van der Waals surface area contributed by atoms with Gasteiger partial charge in [-0.15, -0.1) is 0 Å². The normalized spacial score (nSPS) is 11.2. The molecule has 13 heavy (non-hydrogen) atoms. The summed E-state index contributed by atoms with van der Waals surface area (Å²) in [5, 5.41) is 8.85. The third kappa shape index (κ3) is 2.11. The lowest BCUT2D eigenvalue weighted by atomic mass is 10.2. The van der Waals surface area contributed by atoms with Gasteiger partial charge in [0.15, 0.2) is 0 Å².